The van der Waals surface area contributed by atoms with Gasteiger partial charge in [0.2, 0.25) is 5.13 Å². The van der Waals surface area contributed by atoms with E-state index in [0.29, 0.717) is 27.9 Å². The molecule has 0 atom stereocenters. The standard InChI is InChI=1S/C23H26ClN5O3S/c1-23(7-4-3-5-8-23)9-6-14-10-15(16-11-19(24)26-13-18(16)32-2)17(12-25-14)20(30)27-21-28-29-22(31)33-21/h10-13H,3-9H2,1-2H3,(H,29,31)(H,27,28,30). The van der Waals surface area contributed by atoms with Crippen LogP contribution in [-0.4, -0.2) is 33.2 Å². The molecule has 0 unspecified atom stereocenters. The smallest absolute Gasteiger partial charge is 0.324 e. The molecule has 4 rings (SSSR count). The zero-order chi connectivity index (χ0) is 23.4. The van der Waals surface area contributed by atoms with Crippen molar-refractivity contribution in [1.29, 1.82) is 0 Å². The lowest BCUT2D eigenvalue weighted by atomic mass is 9.72. The van der Waals surface area contributed by atoms with Crippen LogP contribution in [0.1, 0.15) is 61.5 Å². The molecule has 1 saturated carbocycles. The molecular weight excluding hydrogens is 462 g/mol. The summed E-state index contributed by atoms with van der Waals surface area (Å²) in [6.45, 7) is 2.36. The SMILES string of the molecule is COc1cnc(Cl)cc1-c1cc(CCC2(C)CCCCC2)ncc1C(=O)Nc1n[nH]c(=O)s1. The monoisotopic (exact) mass is 487 g/mol. The minimum Gasteiger partial charge on any atom is -0.494 e. The fourth-order valence-electron chi connectivity index (χ4n) is 4.36. The average Bonchev–Trinajstić information content (AvgIpc) is 3.22. The molecule has 0 bridgehead atoms. The van der Waals surface area contributed by atoms with Crippen molar-refractivity contribution in [1.82, 2.24) is 20.2 Å². The van der Waals surface area contributed by atoms with Gasteiger partial charge in [-0.3, -0.25) is 19.9 Å². The van der Waals surface area contributed by atoms with E-state index in [1.807, 2.05) is 6.07 Å². The van der Waals surface area contributed by atoms with Gasteiger partial charge in [-0.1, -0.05) is 37.8 Å². The van der Waals surface area contributed by atoms with E-state index in [2.05, 4.69) is 32.4 Å². The van der Waals surface area contributed by atoms with Crippen molar-refractivity contribution in [3.05, 3.63) is 50.6 Å². The maximum atomic E-state index is 13.1. The number of aryl methyl sites for hydroxylation is 1. The second-order valence-corrected chi connectivity index (χ2v) is 10.0. The molecule has 1 aliphatic rings. The Labute approximate surface area is 200 Å². The van der Waals surface area contributed by atoms with Gasteiger partial charge in [-0.15, -0.1) is 5.10 Å². The summed E-state index contributed by atoms with van der Waals surface area (Å²) in [6, 6.07) is 3.59. The minimum absolute atomic E-state index is 0.185. The van der Waals surface area contributed by atoms with E-state index in [0.717, 1.165) is 29.9 Å². The van der Waals surface area contributed by atoms with Gasteiger partial charge in [-0.05, 0) is 54.6 Å². The largest absolute Gasteiger partial charge is 0.494 e. The number of halogens is 1. The molecule has 1 amide bonds. The van der Waals surface area contributed by atoms with Crippen LogP contribution in [0.5, 0.6) is 5.75 Å². The summed E-state index contributed by atoms with van der Waals surface area (Å²) in [5.41, 5.74) is 2.82. The number of rotatable bonds is 7. The molecule has 0 spiro atoms. The highest BCUT2D eigenvalue weighted by Crippen LogP contribution is 2.40. The second-order valence-electron chi connectivity index (χ2n) is 8.67. The van der Waals surface area contributed by atoms with E-state index in [1.54, 1.807) is 19.4 Å². The number of ether oxygens (including phenoxy) is 1. The predicted octanol–water partition coefficient (Wildman–Crippen LogP) is 5.11. The third-order valence-corrected chi connectivity index (χ3v) is 7.12. The van der Waals surface area contributed by atoms with Crippen LogP contribution in [-0.2, 0) is 6.42 Å². The molecule has 8 nitrogen and oxygen atoms in total. The Balaban J connectivity index is 1.69. The number of carbonyl (C=O) groups excluding carboxylic acids is 1. The lowest BCUT2D eigenvalue weighted by Crippen LogP contribution is -2.21. The Bertz CT molecular complexity index is 1200. The highest BCUT2D eigenvalue weighted by molar-refractivity contribution is 7.13. The van der Waals surface area contributed by atoms with Gasteiger partial charge < -0.3 is 4.74 Å². The van der Waals surface area contributed by atoms with Gasteiger partial charge in [-0.2, -0.15) is 0 Å². The maximum absolute atomic E-state index is 13.1. The summed E-state index contributed by atoms with van der Waals surface area (Å²) >= 11 is 7.00. The van der Waals surface area contributed by atoms with Crippen molar-refractivity contribution in [2.24, 2.45) is 5.41 Å². The summed E-state index contributed by atoms with van der Waals surface area (Å²) in [7, 11) is 1.54. The zero-order valence-electron chi connectivity index (χ0n) is 18.6. The molecular formula is C23H26ClN5O3S. The Morgan fingerprint density at radius 1 is 1.21 bits per heavy atom. The quantitative estimate of drug-likeness (QED) is 0.448. The number of anilines is 1. The van der Waals surface area contributed by atoms with E-state index in [9.17, 15) is 9.59 Å². The summed E-state index contributed by atoms with van der Waals surface area (Å²) < 4.78 is 5.49. The van der Waals surface area contributed by atoms with Gasteiger partial charge in [0.15, 0.2) is 0 Å². The molecule has 0 aromatic carbocycles. The van der Waals surface area contributed by atoms with Gasteiger partial charge in [0, 0.05) is 23.0 Å². The first-order valence-electron chi connectivity index (χ1n) is 10.9. The van der Waals surface area contributed by atoms with E-state index >= 15 is 0 Å². The van der Waals surface area contributed by atoms with Crippen molar-refractivity contribution in [3.8, 4) is 16.9 Å². The van der Waals surface area contributed by atoms with Crippen LogP contribution in [0.3, 0.4) is 0 Å². The molecule has 3 aromatic rings. The number of amides is 1. The van der Waals surface area contributed by atoms with Crippen LogP contribution in [0.4, 0.5) is 5.13 Å². The normalized spacial score (nSPS) is 15.2. The number of aromatic amines is 1. The second kappa shape index (κ2) is 10.0. The molecule has 1 aliphatic carbocycles. The van der Waals surface area contributed by atoms with Crippen molar-refractivity contribution in [2.45, 2.75) is 51.9 Å². The first kappa shape index (κ1) is 23.4. The Kier molecular flexibility index (Phi) is 7.09. The average molecular weight is 488 g/mol. The third-order valence-electron chi connectivity index (χ3n) is 6.25. The molecule has 0 aliphatic heterocycles. The van der Waals surface area contributed by atoms with Gasteiger partial charge in [0.05, 0.1) is 18.9 Å². The molecule has 1 fully saturated rings. The number of nitrogens with zero attached hydrogens (tertiary/aromatic N) is 3. The van der Waals surface area contributed by atoms with E-state index in [4.69, 9.17) is 16.3 Å². The van der Waals surface area contributed by atoms with Crippen molar-refractivity contribution in [2.75, 3.05) is 12.4 Å². The van der Waals surface area contributed by atoms with Gasteiger partial charge in [0.25, 0.3) is 5.91 Å². The molecule has 174 valence electrons. The third kappa shape index (κ3) is 5.59. The Morgan fingerprint density at radius 3 is 2.70 bits per heavy atom. The molecule has 3 aromatic heterocycles. The van der Waals surface area contributed by atoms with Gasteiger partial charge in [-0.25, -0.2) is 10.1 Å². The number of methoxy groups -OCH3 is 1. The molecule has 33 heavy (non-hydrogen) atoms. The highest BCUT2D eigenvalue weighted by atomic mass is 35.5. The molecule has 2 N–H and O–H groups in total. The van der Waals surface area contributed by atoms with Crippen LogP contribution in [0.15, 0.2) is 29.3 Å². The van der Waals surface area contributed by atoms with E-state index in [1.165, 1.54) is 38.3 Å². The summed E-state index contributed by atoms with van der Waals surface area (Å²) in [5, 5.41) is 9.24. The lowest BCUT2D eigenvalue weighted by molar-refractivity contribution is 0.102. The lowest BCUT2D eigenvalue weighted by Gasteiger charge is -2.33. The number of nitrogens with one attached hydrogen (secondary N) is 2. The Hall–Kier alpha value is -2.78. The van der Waals surface area contributed by atoms with Crippen LogP contribution >= 0.6 is 22.9 Å². The van der Waals surface area contributed by atoms with Crippen molar-refractivity contribution in [3.63, 3.8) is 0 Å². The first-order chi connectivity index (χ1) is 15.9. The van der Waals surface area contributed by atoms with Crippen molar-refractivity contribution >= 4 is 34.0 Å². The van der Waals surface area contributed by atoms with E-state index in [-0.39, 0.29) is 15.2 Å². The summed E-state index contributed by atoms with van der Waals surface area (Å²) in [4.78, 5) is 32.8. The van der Waals surface area contributed by atoms with Crippen LogP contribution in [0, 0.1) is 5.41 Å². The number of pyridine rings is 2. The summed E-state index contributed by atoms with van der Waals surface area (Å²) in [6.07, 6.45) is 11.3. The van der Waals surface area contributed by atoms with Gasteiger partial charge in [0.1, 0.15) is 10.9 Å². The molecule has 10 heteroatoms. The molecule has 0 radical (unpaired) electrons. The first-order valence-corrected chi connectivity index (χ1v) is 12.1. The Morgan fingerprint density at radius 2 is 2.00 bits per heavy atom. The van der Waals surface area contributed by atoms with Crippen LogP contribution < -0.4 is 14.9 Å². The number of hydrogen-bond donors (Lipinski definition) is 2. The highest BCUT2D eigenvalue weighted by Gasteiger charge is 2.27. The topological polar surface area (TPSA) is 110 Å². The number of hydrogen-bond acceptors (Lipinski definition) is 7. The number of carbonyl (C=O) groups is 1. The van der Waals surface area contributed by atoms with Crippen molar-refractivity contribution < 1.29 is 9.53 Å². The number of aromatic nitrogens is 4. The zero-order valence-corrected chi connectivity index (χ0v) is 20.2. The minimum atomic E-state index is -0.430. The fourth-order valence-corrected chi connectivity index (χ4v) is 5.02. The molecule has 0 saturated heterocycles. The predicted molar refractivity (Wildman–Crippen MR) is 129 cm³/mol. The van der Waals surface area contributed by atoms with Crippen LogP contribution in [0.25, 0.3) is 11.1 Å². The maximum Gasteiger partial charge on any atom is 0.324 e. The van der Waals surface area contributed by atoms with Crippen LogP contribution in [0.2, 0.25) is 5.15 Å². The fraction of sp³-hybridized carbons (Fsp3) is 0.435. The molecule has 3 heterocycles. The summed E-state index contributed by atoms with van der Waals surface area (Å²) in [5.74, 6) is 0.0651. The number of H-pyrrole nitrogens is 1. The van der Waals surface area contributed by atoms with E-state index < -0.39 is 5.91 Å². The van der Waals surface area contributed by atoms with Gasteiger partial charge >= 0.3 is 4.87 Å².